The summed E-state index contributed by atoms with van der Waals surface area (Å²) in [6.45, 7) is 0. The van der Waals surface area contributed by atoms with E-state index < -0.39 is 23.8 Å². The van der Waals surface area contributed by atoms with Gasteiger partial charge < -0.3 is 25.0 Å². The van der Waals surface area contributed by atoms with E-state index in [9.17, 15) is 19.5 Å². The van der Waals surface area contributed by atoms with Gasteiger partial charge in [0.2, 0.25) is 0 Å². The molecule has 1 atom stereocenters. The van der Waals surface area contributed by atoms with Gasteiger partial charge in [-0.2, -0.15) is 0 Å². The van der Waals surface area contributed by atoms with Gasteiger partial charge in [0.05, 0.1) is 18.3 Å². The van der Waals surface area contributed by atoms with Gasteiger partial charge in [-0.25, -0.2) is 0 Å². The minimum Gasteiger partial charge on any atom is -0.548 e. The SMILES string of the molecule is O=C(N[C@H](Cc1ccccc1)C(=O)[O-])/C(=C\c1ccco1)NC(=O)c1ccccc1. The van der Waals surface area contributed by atoms with Crippen molar-refractivity contribution in [3.63, 3.8) is 0 Å². The normalized spacial score (nSPS) is 12.1. The average molecular weight is 403 g/mol. The van der Waals surface area contributed by atoms with Gasteiger partial charge in [0.25, 0.3) is 11.8 Å². The van der Waals surface area contributed by atoms with Crippen molar-refractivity contribution < 1.29 is 23.9 Å². The van der Waals surface area contributed by atoms with E-state index in [4.69, 9.17) is 4.42 Å². The largest absolute Gasteiger partial charge is 0.548 e. The number of carbonyl (C=O) groups is 3. The average Bonchev–Trinajstić information content (AvgIpc) is 3.27. The molecule has 0 bridgehead atoms. The molecular formula is C23H19N2O5-. The van der Waals surface area contributed by atoms with Crippen molar-refractivity contribution in [3.8, 4) is 0 Å². The Hall–Kier alpha value is -4.13. The van der Waals surface area contributed by atoms with E-state index in [1.54, 1.807) is 72.8 Å². The molecule has 7 nitrogen and oxygen atoms in total. The lowest BCUT2D eigenvalue weighted by Gasteiger charge is -2.21. The number of furan rings is 1. The lowest BCUT2D eigenvalue weighted by atomic mass is 10.1. The predicted octanol–water partition coefficient (Wildman–Crippen LogP) is 1.53. The number of hydrogen-bond donors (Lipinski definition) is 2. The monoisotopic (exact) mass is 403 g/mol. The lowest BCUT2D eigenvalue weighted by molar-refractivity contribution is -0.308. The summed E-state index contributed by atoms with van der Waals surface area (Å²) in [6, 6.07) is 19.1. The number of amides is 2. The van der Waals surface area contributed by atoms with Crippen LogP contribution in [-0.4, -0.2) is 23.8 Å². The van der Waals surface area contributed by atoms with Crippen LogP contribution in [0.2, 0.25) is 0 Å². The van der Waals surface area contributed by atoms with Crippen molar-refractivity contribution in [1.82, 2.24) is 10.6 Å². The minimum absolute atomic E-state index is 0.0373. The van der Waals surface area contributed by atoms with Crippen molar-refractivity contribution in [2.45, 2.75) is 12.5 Å². The first-order valence-corrected chi connectivity index (χ1v) is 9.20. The Morgan fingerprint density at radius 1 is 0.933 bits per heavy atom. The third-order valence-electron chi connectivity index (χ3n) is 4.23. The van der Waals surface area contributed by atoms with Crippen LogP contribution < -0.4 is 15.7 Å². The Labute approximate surface area is 173 Å². The number of carbonyl (C=O) groups excluding carboxylic acids is 3. The number of benzene rings is 2. The molecule has 3 rings (SSSR count). The molecular weight excluding hydrogens is 384 g/mol. The molecule has 2 amide bonds. The highest BCUT2D eigenvalue weighted by Gasteiger charge is 2.20. The van der Waals surface area contributed by atoms with Crippen LogP contribution in [0.1, 0.15) is 21.7 Å². The molecule has 1 heterocycles. The molecule has 152 valence electrons. The topological polar surface area (TPSA) is 111 Å². The summed E-state index contributed by atoms with van der Waals surface area (Å²) < 4.78 is 5.21. The van der Waals surface area contributed by atoms with E-state index in [0.717, 1.165) is 5.56 Å². The van der Waals surface area contributed by atoms with Crippen LogP contribution in [-0.2, 0) is 16.0 Å². The summed E-state index contributed by atoms with van der Waals surface area (Å²) in [7, 11) is 0. The first kappa shape index (κ1) is 20.6. The molecule has 0 unspecified atom stereocenters. The second kappa shape index (κ2) is 9.88. The number of carboxylic acids is 1. The van der Waals surface area contributed by atoms with Gasteiger partial charge in [-0.1, -0.05) is 48.5 Å². The quantitative estimate of drug-likeness (QED) is 0.554. The third kappa shape index (κ3) is 5.68. The number of hydrogen-bond acceptors (Lipinski definition) is 5. The predicted molar refractivity (Wildman–Crippen MR) is 108 cm³/mol. The molecule has 0 saturated carbocycles. The summed E-state index contributed by atoms with van der Waals surface area (Å²) in [5.74, 6) is -2.40. The van der Waals surface area contributed by atoms with Crippen LogP contribution in [0.4, 0.5) is 0 Å². The van der Waals surface area contributed by atoms with Crippen LogP contribution in [0.15, 0.2) is 89.2 Å². The molecule has 0 fully saturated rings. The van der Waals surface area contributed by atoms with Gasteiger partial charge in [-0.3, -0.25) is 9.59 Å². The van der Waals surface area contributed by atoms with Crippen LogP contribution >= 0.6 is 0 Å². The number of nitrogens with one attached hydrogen (secondary N) is 2. The first-order valence-electron chi connectivity index (χ1n) is 9.20. The Bertz CT molecular complexity index is 1030. The second-order valence-electron chi connectivity index (χ2n) is 6.43. The van der Waals surface area contributed by atoms with Gasteiger partial charge in [-0.15, -0.1) is 0 Å². The number of rotatable bonds is 8. The molecule has 7 heteroatoms. The summed E-state index contributed by atoms with van der Waals surface area (Å²) in [4.78, 5) is 36.9. The second-order valence-corrected chi connectivity index (χ2v) is 6.43. The summed E-state index contributed by atoms with van der Waals surface area (Å²) in [5, 5.41) is 16.5. The fourth-order valence-corrected chi connectivity index (χ4v) is 2.74. The summed E-state index contributed by atoms with van der Waals surface area (Å²) in [5.41, 5.74) is 0.909. The smallest absolute Gasteiger partial charge is 0.268 e. The number of aliphatic carboxylic acids is 1. The Balaban J connectivity index is 1.80. The van der Waals surface area contributed by atoms with E-state index in [0.29, 0.717) is 11.3 Å². The van der Waals surface area contributed by atoms with Crippen LogP contribution in [0, 0.1) is 0 Å². The van der Waals surface area contributed by atoms with Crippen LogP contribution in [0.3, 0.4) is 0 Å². The molecule has 0 aliphatic heterocycles. The summed E-state index contributed by atoms with van der Waals surface area (Å²) >= 11 is 0. The zero-order chi connectivity index (χ0) is 21.3. The number of carboxylic acid groups (broad SMARTS) is 1. The van der Waals surface area contributed by atoms with E-state index in [-0.39, 0.29) is 12.1 Å². The first-order chi connectivity index (χ1) is 14.5. The van der Waals surface area contributed by atoms with Crippen LogP contribution in [0.5, 0.6) is 0 Å². The van der Waals surface area contributed by atoms with Crippen LogP contribution in [0.25, 0.3) is 6.08 Å². The van der Waals surface area contributed by atoms with Crippen molar-refractivity contribution >= 4 is 23.9 Å². The highest BCUT2D eigenvalue weighted by atomic mass is 16.4. The highest BCUT2D eigenvalue weighted by molar-refractivity contribution is 6.05. The zero-order valence-corrected chi connectivity index (χ0v) is 15.9. The van der Waals surface area contributed by atoms with E-state index >= 15 is 0 Å². The molecule has 2 aromatic carbocycles. The van der Waals surface area contributed by atoms with Gasteiger partial charge in [0.15, 0.2) is 0 Å². The molecule has 0 radical (unpaired) electrons. The van der Waals surface area contributed by atoms with E-state index in [1.165, 1.54) is 12.3 Å². The molecule has 0 aliphatic carbocycles. The van der Waals surface area contributed by atoms with Crippen molar-refractivity contribution in [3.05, 3.63) is 102 Å². The molecule has 0 spiro atoms. The van der Waals surface area contributed by atoms with E-state index in [2.05, 4.69) is 10.6 Å². The standard InChI is InChI=1S/C23H20N2O5/c26-21(17-10-5-2-6-11-17)24-19(15-18-12-7-13-30-18)22(27)25-20(23(28)29)14-16-8-3-1-4-9-16/h1-13,15,20H,14H2,(H,24,26)(H,25,27)(H,28,29)/p-1/b19-15+/t20-/m1/s1. The molecule has 3 aromatic rings. The lowest BCUT2D eigenvalue weighted by Crippen LogP contribution is -2.50. The Kier molecular flexibility index (Phi) is 6.78. The molecule has 1 aromatic heterocycles. The fraction of sp³-hybridized carbons (Fsp3) is 0.0870. The fourth-order valence-electron chi connectivity index (χ4n) is 2.74. The van der Waals surface area contributed by atoms with Gasteiger partial charge in [0, 0.05) is 11.6 Å². The Morgan fingerprint density at radius 3 is 2.20 bits per heavy atom. The van der Waals surface area contributed by atoms with Gasteiger partial charge in [-0.05, 0) is 36.2 Å². The maximum absolute atomic E-state index is 12.8. The van der Waals surface area contributed by atoms with Gasteiger partial charge in [0.1, 0.15) is 11.5 Å². The Morgan fingerprint density at radius 2 is 1.60 bits per heavy atom. The van der Waals surface area contributed by atoms with Crippen molar-refractivity contribution in [1.29, 1.82) is 0 Å². The third-order valence-corrected chi connectivity index (χ3v) is 4.23. The molecule has 0 aliphatic rings. The minimum atomic E-state index is -1.43. The maximum atomic E-state index is 12.8. The van der Waals surface area contributed by atoms with Crippen molar-refractivity contribution in [2.24, 2.45) is 0 Å². The summed E-state index contributed by atoms with van der Waals surface area (Å²) in [6.07, 6.45) is 2.78. The zero-order valence-electron chi connectivity index (χ0n) is 15.9. The van der Waals surface area contributed by atoms with Gasteiger partial charge >= 0.3 is 0 Å². The molecule has 0 saturated heterocycles. The van der Waals surface area contributed by atoms with Crippen molar-refractivity contribution in [2.75, 3.05) is 0 Å². The molecule has 2 N–H and O–H groups in total. The van der Waals surface area contributed by atoms with E-state index in [1.807, 2.05) is 0 Å². The highest BCUT2D eigenvalue weighted by Crippen LogP contribution is 2.09. The molecule has 30 heavy (non-hydrogen) atoms. The maximum Gasteiger partial charge on any atom is 0.268 e.